The van der Waals surface area contributed by atoms with E-state index in [0.29, 0.717) is 10.8 Å². The molecule has 0 unspecified atom stereocenters. The Bertz CT molecular complexity index is 606. The number of anilines is 1. The lowest BCUT2D eigenvalue weighted by Gasteiger charge is -2.33. The number of alkyl halides is 3. The van der Waals surface area contributed by atoms with Gasteiger partial charge in [-0.1, -0.05) is 23.7 Å². The van der Waals surface area contributed by atoms with Gasteiger partial charge < -0.3 is 5.32 Å². The van der Waals surface area contributed by atoms with Crippen molar-refractivity contribution in [2.45, 2.75) is 24.7 Å². The fourth-order valence-corrected chi connectivity index (χ4v) is 2.55. The molecule has 1 aliphatic heterocycles. The van der Waals surface area contributed by atoms with Gasteiger partial charge in [0.1, 0.15) is 5.82 Å². The summed E-state index contributed by atoms with van der Waals surface area (Å²) >= 11 is 5.80. The highest BCUT2D eigenvalue weighted by Gasteiger charge is 2.46. The topological polar surface area (TPSA) is 29.9 Å². The van der Waals surface area contributed by atoms with E-state index in [0.717, 1.165) is 10.2 Å². The van der Waals surface area contributed by atoms with E-state index in [9.17, 15) is 13.2 Å². The van der Waals surface area contributed by atoms with Crippen LogP contribution in [0, 0.1) is 0 Å². The summed E-state index contributed by atoms with van der Waals surface area (Å²) in [5.74, 6) is 0.374. The Labute approximate surface area is 118 Å². The van der Waals surface area contributed by atoms with Crippen LogP contribution in [0.1, 0.15) is 24.1 Å². The summed E-state index contributed by atoms with van der Waals surface area (Å²) in [5, 5.41) is 7.39. The van der Waals surface area contributed by atoms with Gasteiger partial charge in [0.25, 0.3) is 0 Å². The summed E-state index contributed by atoms with van der Waals surface area (Å²) in [7, 11) is 0. The Hall–Kier alpha value is -1.69. The van der Waals surface area contributed by atoms with Gasteiger partial charge in [-0.15, -0.1) is 0 Å². The standard InChI is InChI=1S/C13H11ClF3N3/c14-9-3-1-8(2-4-9)10-7-11(13(15,16)17)20-12(19-10)5-6-18-20/h1-6,10-11,19H,7H2/t10-,11+/m0/s1. The number of benzene rings is 1. The van der Waals surface area contributed by atoms with Gasteiger partial charge in [0.15, 0.2) is 6.04 Å². The number of aromatic nitrogens is 2. The third-order valence-corrected chi connectivity index (χ3v) is 3.65. The van der Waals surface area contributed by atoms with E-state index in [2.05, 4.69) is 10.4 Å². The largest absolute Gasteiger partial charge is 0.410 e. The van der Waals surface area contributed by atoms with Crippen LogP contribution in [0.15, 0.2) is 36.5 Å². The number of rotatable bonds is 1. The molecule has 0 saturated carbocycles. The fourth-order valence-electron chi connectivity index (χ4n) is 2.42. The molecule has 0 aliphatic carbocycles. The van der Waals surface area contributed by atoms with Gasteiger partial charge in [-0.05, 0) is 17.7 Å². The van der Waals surface area contributed by atoms with Gasteiger partial charge in [-0.25, -0.2) is 4.68 Å². The summed E-state index contributed by atoms with van der Waals surface area (Å²) in [6, 6.07) is 6.33. The highest BCUT2D eigenvalue weighted by Crippen LogP contribution is 2.43. The average molecular weight is 302 g/mol. The number of hydrogen-bond acceptors (Lipinski definition) is 2. The Kier molecular flexibility index (Phi) is 3.12. The van der Waals surface area contributed by atoms with E-state index in [1.54, 1.807) is 30.3 Å². The summed E-state index contributed by atoms with van der Waals surface area (Å²) in [5.41, 5.74) is 0.774. The molecule has 2 aromatic rings. The molecule has 1 N–H and O–H groups in total. The van der Waals surface area contributed by atoms with Crippen molar-refractivity contribution in [2.75, 3.05) is 5.32 Å². The van der Waals surface area contributed by atoms with E-state index in [1.165, 1.54) is 6.20 Å². The predicted octanol–water partition coefficient (Wildman–Crippen LogP) is 4.20. The summed E-state index contributed by atoms with van der Waals surface area (Å²) < 4.78 is 40.4. The molecule has 1 aromatic heterocycles. The van der Waals surface area contributed by atoms with Crippen molar-refractivity contribution >= 4 is 17.4 Å². The van der Waals surface area contributed by atoms with Gasteiger partial charge in [0.05, 0.1) is 12.2 Å². The molecular formula is C13H11ClF3N3. The lowest BCUT2D eigenvalue weighted by Crippen LogP contribution is -2.35. The maximum absolute atomic E-state index is 13.1. The van der Waals surface area contributed by atoms with Gasteiger partial charge in [-0.3, -0.25) is 0 Å². The molecule has 1 aliphatic rings. The number of fused-ring (bicyclic) bond motifs is 1. The normalized spacial score (nSPS) is 22.2. The van der Waals surface area contributed by atoms with Gasteiger partial charge in [-0.2, -0.15) is 18.3 Å². The van der Waals surface area contributed by atoms with Crippen molar-refractivity contribution in [2.24, 2.45) is 0 Å². The first-order valence-electron chi connectivity index (χ1n) is 6.07. The van der Waals surface area contributed by atoms with Crippen LogP contribution in [-0.4, -0.2) is 16.0 Å². The Morgan fingerprint density at radius 1 is 1.20 bits per heavy atom. The summed E-state index contributed by atoms with van der Waals surface area (Å²) in [4.78, 5) is 0. The smallest absolute Gasteiger partial charge is 0.363 e. The molecule has 2 atom stereocenters. The van der Waals surface area contributed by atoms with Crippen molar-refractivity contribution < 1.29 is 13.2 Å². The maximum atomic E-state index is 13.1. The van der Waals surface area contributed by atoms with Crippen LogP contribution in [0.4, 0.5) is 19.0 Å². The zero-order chi connectivity index (χ0) is 14.3. The quantitative estimate of drug-likeness (QED) is 0.855. The van der Waals surface area contributed by atoms with Gasteiger partial charge in [0.2, 0.25) is 0 Å². The minimum Gasteiger partial charge on any atom is -0.363 e. The molecule has 2 heterocycles. The molecular weight excluding hydrogens is 291 g/mol. The lowest BCUT2D eigenvalue weighted by atomic mass is 9.97. The van der Waals surface area contributed by atoms with Crippen molar-refractivity contribution in [3.8, 4) is 0 Å². The highest BCUT2D eigenvalue weighted by atomic mass is 35.5. The Morgan fingerprint density at radius 3 is 2.55 bits per heavy atom. The van der Waals surface area contributed by atoms with Gasteiger partial charge in [0, 0.05) is 17.5 Å². The second-order valence-corrected chi connectivity index (χ2v) is 5.14. The summed E-state index contributed by atoms with van der Waals surface area (Å²) in [6.07, 6.45) is -3.06. The second kappa shape index (κ2) is 4.70. The molecule has 0 spiro atoms. The highest BCUT2D eigenvalue weighted by molar-refractivity contribution is 6.30. The first kappa shape index (κ1) is 13.3. The fraction of sp³-hybridized carbons (Fsp3) is 0.308. The van der Waals surface area contributed by atoms with E-state index in [-0.39, 0.29) is 6.42 Å². The van der Waals surface area contributed by atoms with Crippen LogP contribution in [0.3, 0.4) is 0 Å². The third kappa shape index (κ3) is 2.35. The van der Waals surface area contributed by atoms with Crippen molar-refractivity contribution in [3.05, 3.63) is 47.1 Å². The SMILES string of the molecule is FC(F)(F)[C@H]1C[C@@H](c2ccc(Cl)cc2)Nc2ccnn21. The molecule has 7 heteroatoms. The number of hydrogen-bond donors (Lipinski definition) is 1. The second-order valence-electron chi connectivity index (χ2n) is 4.70. The first-order valence-corrected chi connectivity index (χ1v) is 6.45. The Balaban J connectivity index is 1.95. The van der Waals surface area contributed by atoms with Crippen molar-refractivity contribution in [3.63, 3.8) is 0 Å². The molecule has 3 rings (SSSR count). The minimum atomic E-state index is -4.33. The van der Waals surface area contributed by atoms with Crippen LogP contribution in [-0.2, 0) is 0 Å². The van der Waals surface area contributed by atoms with Gasteiger partial charge >= 0.3 is 6.18 Å². The van der Waals surface area contributed by atoms with E-state index in [1.807, 2.05) is 0 Å². The maximum Gasteiger partial charge on any atom is 0.410 e. The van der Waals surface area contributed by atoms with E-state index in [4.69, 9.17) is 11.6 Å². The van der Waals surface area contributed by atoms with Crippen molar-refractivity contribution in [1.82, 2.24) is 9.78 Å². The molecule has 20 heavy (non-hydrogen) atoms. The lowest BCUT2D eigenvalue weighted by molar-refractivity contribution is -0.173. The summed E-state index contributed by atoms with van der Waals surface area (Å²) in [6.45, 7) is 0. The molecule has 0 saturated heterocycles. The zero-order valence-electron chi connectivity index (χ0n) is 10.2. The predicted molar refractivity (Wildman–Crippen MR) is 69.8 cm³/mol. The Morgan fingerprint density at radius 2 is 1.90 bits per heavy atom. The first-order chi connectivity index (χ1) is 9.45. The molecule has 0 bridgehead atoms. The number of nitrogens with one attached hydrogen (secondary N) is 1. The van der Waals surface area contributed by atoms with Crippen LogP contribution < -0.4 is 5.32 Å². The molecule has 1 aromatic carbocycles. The molecule has 3 nitrogen and oxygen atoms in total. The molecule has 0 amide bonds. The number of halogens is 4. The monoisotopic (exact) mass is 301 g/mol. The average Bonchev–Trinajstić information content (AvgIpc) is 2.85. The molecule has 0 radical (unpaired) electrons. The number of nitrogens with zero attached hydrogens (tertiary/aromatic N) is 2. The van der Waals surface area contributed by atoms with Crippen LogP contribution in [0.25, 0.3) is 0 Å². The van der Waals surface area contributed by atoms with Crippen LogP contribution in [0.5, 0.6) is 0 Å². The van der Waals surface area contributed by atoms with Crippen molar-refractivity contribution in [1.29, 1.82) is 0 Å². The minimum absolute atomic E-state index is 0.0974. The van der Waals surface area contributed by atoms with E-state index < -0.39 is 18.3 Å². The van der Waals surface area contributed by atoms with Crippen LogP contribution in [0.2, 0.25) is 5.02 Å². The van der Waals surface area contributed by atoms with E-state index >= 15 is 0 Å². The molecule has 0 fully saturated rings. The molecule has 106 valence electrons. The third-order valence-electron chi connectivity index (χ3n) is 3.40. The van der Waals surface area contributed by atoms with Crippen LogP contribution >= 0.6 is 11.6 Å². The zero-order valence-corrected chi connectivity index (χ0v) is 11.0.